The molecule has 11 heteroatoms. The van der Waals surface area contributed by atoms with Crippen LogP contribution in [0.2, 0.25) is 0 Å². The van der Waals surface area contributed by atoms with Crippen LogP contribution >= 0.6 is 0 Å². The number of imidazole rings is 1. The lowest BCUT2D eigenvalue weighted by Crippen LogP contribution is -2.21. The summed E-state index contributed by atoms with van der Waals surface area (Å²) in [5.41, 5.74) is 7.55. The lowest BCUT2D eigenvalue weighted by Gasteiger charge is -2.15. The molecule has 2 aromatic heterocycles. The number of ether oxygens (including phenoxy) is 1. The molecular weight excluding hydrogens is 401 g/mol. The number of aromatic amines is 1. The number of anilines is 1. The Labute approximate surface area is 169 Å². The van der Waals surface area contributed by atoms with Crippen LogP contribution in [0.4, 0.5) is 19.0 Å². The average Bonchev–Trinajstić information content (AvgIpc) is 3.29. The molecule has 0 unspecified atom stereocenters. The van der Waals surface area contributed by atoms with Crippen LogP contribution in [0.25, 0.3) is 11.2 Å². The molecule has 0 radical (unpaired) electrons. The van der Waals surface area contributed by atoms with E-state index in [9.17, 15) is 18.0 Å². The standard InChI is InChI=1S/C19H21F3N6O2/c20-19(21,22)11-30-17-25-15(23)14-16(26-17)28(18(29)24-14)10-13-5-3-4-12(8-13)9-27-6-1-2-7-27/h3-5,8H,1-2,6-7,9-11H2,(H,24,29)(H2,23,25,26). The molecule has 3 aromatic rings. The predicted octanol–water partition coefficient (Wildman–Crippen LogP) is 2.29. The fourth-order valence-corrected chi connectivity index (χ4v) is 3.60. The number of nitrogens with two attached hydrogens (primary N) is 1. The van der Waals surface area contributed by atoms with E-state index in [4.69, 9.17) is 5.73 Å². The van der Waals surface area contributed by atoms with Gasteiger partial charge in [-0.15, -0.1) is 0 Å². The van der Waals surface area contributed by atoms with Gasteiger partial charge in [0.05, 0.1) is 6.54 Å². The fourth-order valence-electron chi connectivity index (χ4n) is 3.60. The van der Waals surface area contributed by atoms with E-state index in [0.29, 0.717) is 0 Å². The number of hydrogen-bond acceptors (Lipinski definition) is 6. The Bertz CT molecular complexity index is 1100. The third-order valence-electron chi connectivity index (χ3n) is 4.93. The lowest BCUT2D eigenvalue weighted by molar-refractivity contribution is -0.154. The van der Waals surface area contributed by atoms with Crippen LogP contribution in [0.15, 0.2) is 29.1 Å². The minimum Gasteiger partial charge on any atom is -0.454 e. The van der Waals surface area contributed by atoms with Gasteiger partial charge in [-0.05, 0) is 37.1 Å². The highest BCUT2D eigenvalue weighted by molar-refractivity contribution is 5.81. The van der Waals surface area contributed by atoms with Crippen molar-refractivity contribution in [3.63, 3.8) is 0 Å². The normalized spacial score (nSPS) is 15.2. The van der Waals surface area contributed by atoms with Crippen LogP contribution in [0.1, 0.15) is 24.0 Å². The quantitative estimate of drug-likeness (QED) is 0.632. The first-order valence-electron chi connectivity index (χ1n) is 9.54. The number of fused-ring (bicyclic) bond motifs is 1. The maximum atomic E-state index is 12.4. The van der Waals surface area contributed by atoms with Gasteiger partial charge in [-0.25, -0.2) is 4.79 Å². The van der Waals surface area contributed by atoms with Gasteiger partial charge in [0, 0.05) is 6.54 Å². The van der Waals surface area contributed by atoms with E-state index in [0.717, 1.165) is 30.8 Å². The summed E-state index contributed by atoms with van der Waals surface area (Å²) in [6.07, 6.45) is -2.14. The maximum Gasteiger partial charge on any atom is 0.422 e. The molecule has 0 atom stereocenters. The van der Waals surface area contributed by atoms with Crippen LogP contribution in [0.3, 0.4) is 0 Å². The second-order valence-electron chi connectivity index (χ2n) is 7.31. The van der Waals surface area contributed by atoms with Gasteiger partial charge in [0.25, 0.3) is 0 Å². The van der Waals surface area contributed by atoms with Crippen molar-refractivity contribution < 1.29 is 17.9 Å². The molecule has 30 heavy (non-hydrogen) atoms. The molecule has 3 heterocycles. The summed E-state index contributed by atoms with van der Waals surface area (Å²) >= 11 is 0. The smallest absolute Gasteiger partial charge is 0.422 e. The second kappa shape index (κ2) is 7.98. The number of likely N-dealkylation sites (tertiary alicyclic amines) is 1. The van der Waals surface area contributed by atoms with Crippen LogP contribution in [0, 0.1) is 0 Å². The third-order valence-corrected chi connectivity index (χ3v) is 4.93. The first-order chi connectivity index (χ1) is 14.3. The molecule has 0 aliphatic carbocycles. The number of hydrogen-bond donors (Lipinski definition) is 2. The van der Waals surface area contributed by atoms with Gasteiger partial charge < -0.3 is 15.5 Å². The number of nitrogens with zero attached hydrogens (tertiary/aromatic N) is 4. The maximum absolute atomic E-state index is 12.4. The summed E-state index contributed by atoms with van der Waals surface area (Å²) in [4.78, 5) is 25.0. The average molecular weight is 422 g/mol. The predicted molar refractivity (Wildman–Crippen MR) is 104 cm³/mol. The lowest BCUT2D eigenvalue weighted by atomic mass is 10.1. The molecule has 0 bridgehead atoms. The van der Waals surface area contributed by atoms with E-state index in [1.807, 2.05) is 24.3 Å². The topological polar surface area (TPSA) is 102 Å². The summed E-state index contributed by atoms with van der Waals surface area (Å²) in [6.45, 7) is 1.61. The van der Waals surface area contributed by atoms with Gasteiger partial charge in [0.15, 0.2) is 18.1 Å². The van der Waals surface area contributed by atoms with E-state index in [2.05, 4.69) is 24.6 Å². The van der Waals surface area contributed by atoms with E-state index >= 15 is 0 Å². The summed E-state index contributed by atoms with van der Waals surface area (Å²) < 4.78 is 43.2. The Morgan fingerprint density at radius 1 is 1.13 bits per heavy atom. The Morgan fingerprint density at radius 3 is 2.53 bits per heavy atom. The highest BCUT2D eigenvalue weighted by Crippen LogP contribution is 2.21. The third kappa shape index (κ3) is 4.56. The van der Waals surface area contributed by atoms with Crippen molar-refractivity contribution >= 4 is 17.0 Å². The van der Waals surface area contributed by atoms with Crippen molar-refractivity contribution in [2.45, 2.75) is 32.1 Å². The van der Waals surface area contributed by atoms with E-state index < -0.39 is 24.5 Å². The van der Waals surface area contributed by atoms with Gasteiger partial charge in [0.2, 0.25) is 0 Å². The summed E-state index contributed by atoms with van der Waals surface area (Å²) in [7, 11) is 0. The van der Waals surface area contributed by atoms with Crippen molar-refractivity contribution in [3.8, 4) is 6.01 Å². The fraction of sp³-hybridized carbons (Fsp3) is 0.421. The number of halogens is 3. The van der Waals surface area contributed by atoms with Gasteiger partial charge in [-0.3, -0.25) is 9.47 Å². The molecule has 1 aliphatic rings. The molecule has 160 valence electrons. The second-order valence-corrected chi connectivity index (χ2v) is 7.31. The largest absolute Gasteiger partial charge is 0.454 e. The number of alkyl halides is 3. The molecule has 1 aromatic carbocycles. The van der Waals surface area contributed by atoms with E-state index in [-0.39, 0.29) is 23.5 Å². The molecule has 0 saturated carbocycles. The Balaban J connectivity index is 1.61. The number of nitrogens with one attached hydrogen (secondary N) is 1. The Kier molecular flexibility index (Phi) is 5.37. The molecule has 1 saturated heterocycles. The minimum absolute atomic E-state index is 0.0922. The SMILES string of the molecule is Nc1nc(OCC(F)(F)F)nc2c1[nH]c(=O)n2Cc1cccc(CN2CCCC2)c1. The number of rotatable bonds is 6. The highest BCUT2D eigenvalue weighted by Gasteiger charge is 2.29. The van der Waals surface area contributed by atoms with Crippen molar-refractivity contribution in [2.24, 2.45) is 0 Å². The minimum atomic E-state index is -4.54. The Hall–Kier alpha value is -3.08. The van der Waals surface area contributed by atoms with Crippen molar-refractivity contribution in [2.75, 3.05) is 25.4 Å². The summed E-state index contributed by atoms with van der Waals surface area (Å²) in [5.74, 6) is -0.157. The first-order valence-corrected chi connectivity index (χ1v) is 9.54. The molecule has 0 amide bonds. The first kappa shape index (κ1) is 20.2. The van der Waals surface area contributed by atoms with Crippen molar-refractivity contribution in [1.29, 1.82) is 0 Å². The molecule has 3 N–H and O–H groups in total. The highest BCUT2D eigenvalue weighted by atomic mass is 19.4. The van der Waals surface area contributed by atoms with Crippen molar-refractivity contribution in [1.82, 2.24) is 24.4 Å². The zero-order valence-electron chi connectivity index (χ0n) is 16.1. The molecule has 1 aliphatic heterocycles. The number of nitrogen functional groups attached to an aromatic ring is 1. The van der Waals surface area contributed by atoms with Gasteiger partial charge in [0.1, 0.15) is 5.52 Å². The molecule has 1 fully saturated rings. The monoisotopic (exact) mass is 422 g/mol. The Morgan fingerprint density at radius 2 is 1.83 bits per heavy atom. The van der Waals surface area contributed by atoms with Gasteiger partial charge in [-0.2, -0.15) is 23.1 Å². The van der Waals surface area contributed by atoms with E-state index in [1.54, 1.807) is 0 Å². The van der Waals surface area contributed by atoms with Crippen LogP contribution in [0.5, 0.6) is 6.01 Å². The molecule has 8 nitrogen and oxygen atoms in total. The molecular formula is C19H21F3N6O2. The van der Waals surface area contributed by atoms with E-state index in [1.165, 1.54) is 17.4 Å². The zero-order chi connectivity index (χ0) is 21.3. The number of aromatic nitrogens is 4. The van der Waals surface area contributed by atoms with Crippen molar-refractivity contribution in [3.05, 3.63) is 45.9 Å². The zero-order valence-corrected chi connectivity index (χ0v) is 16.1. The number of benzene rings is 1. The molecule has 4 rings (SSSR count). The molecule has 0 spiro atoms. The summed E-state index contributed by atoms with van der Waals surface area (Å²) in [5, 5.41) is 0. The van der Waals surface area contributed by atoms with Gasteiger partial charge >= 0.3 is 17.9 Å². The number of H-pyrrole nitrogens is 1. The van der Waals surface area contributed by atoms with Crippen LogP contribution in [-0.4, -0.2) is 50.3 Å². The van der Waals surface area contributed by atoms with Crippen LogP contribution < -0.4 is 16.2 Å². The summed E-state index contributed by atoms with van der Waals surface area (Å²) in [6, 6.07) is 7.30. The van der Waals surface area contributed by atoms with Crippen LogP contribution in [-0.2, 0) is 13.1 Å². The van der Waals surface area contributed by atoms with Gasteiger partial charge in [-0.1, -0.05) is 24.3 Å².